The molecular formula is C15H26N2O3. The molecule has 0 aliphatic heterocycles. The van der Waals surface area contributed by atoms with E-state index >= 15 is 0 Å². The quantitative estimate of drug-likeness (QED) is 0.523. The van der Waals surface area contributed by atoms with Gasteiger partial charge in [-0.2, -0.15) is 0 Å². The first-order valence-electron chi connectivity index (χ1n) is 6.84. The van der Waals surface area contributed by atoms with Crippen molar-refractivity contribution in [2.75, 3.05) is 53.4 Å². The molecule has 114 valence electrons. The van der Waals surface area contributed by atoms with Gasteiger partial charge in [0, 0.05) is 57.8 Å². The van der Waals surface area contributed by atoms with Crippen molar-refractivity contribution in [3.8, 4) is 5.75 Å². The van der Waals surface area contributed by atoms with Crippen LogP contribution in [0.4, 0.5) is 5.69 Å². The van der Waals surface area contributed by atoms with Gasteiger partial charge < -0.3 is 19.9 Å². The summed E-state index contributed by atoms with van der Waals surface area (Å²) < 4.78 is 15.7. The molecule has 0 unspecified atom stereocenters. The summed E-state index contributed by atoms with van der Waals surface area (Å²) in [7, 11) is 5.11. The SMILES string of the molecule is COCCCN(CCOC)Cc1ccc(N)cc1OC. The van der Waals surface area contributed by atoms with Crippen LogP contribution in [0.1, 0.15) is 12.0 Å². The van der Waals surface area contributed by atoms with Crippen molar-refractivity contribution in [1.82, 2.24) is 4.90 Å². The Morgan fingerprint density at radius 2 is 1.80 bits per heavy atom. The number of nitrogens with two attached hydrogens (primary N) is 1. The van der Waals surface area contributed by atoms with Crippen LogP contribution in [0.25, 0.3) is 0 Å². The molecule has 2 N–H and O–H groups in total. The van der Waals surface area contributed by atoms with Gasteiger partial charge >= 0.3 is 0 Å². The predicted molar refractivity (Wildman–Crippen MR) is 81.1 cm³/mol. The number of nitrogens with zero attached hydrogens (tertiary/aromatic N) is 1. The van der Waals surface area contributed by atoms with Crippen LogP contribution in [0.15, 0.2) is 18.2 Å². The standard InChI is InChI=1S/C15H26N2O3/c1-18-9-4-7-17(8-10-19-2)12-13-5-6-14(16)11-15(13)20-3/h5-6,11H,4,7-10,12,16H2,1-3H3. The maximum Gasteiger partial charge on any atom is 0.125 e. The van der Waals surface area contributed by atoms with Crippen molar-refractivity contribution in [3.63, 3.8) is 0 Å². The highest BCUT2D eigenvalue weighted by atomic mass is 16.5. The number of rotatable bonds is 10. The van der Waals surface area contributed by atoms with Gasteiger partial charge in [0.1, 0.15) is 5.75 Å². The van der Waals surface area contributed by atoms with Crippen LogP contribution in [-0.2, 0) is 16.0 Å². The minimum absolute atomic E-state index is 0.713. The topological polar surface area (TPSA) is 57.0 Å². The summed E-state index contributed by atoms with van der Waals surface area (Å²) in [4.78, 5) is 2.33. The summed E-state index contributed by atoms with van der Waals surface area (Å²) in [5, 5.41) is 0. The Morgan fingerprint density at radius 3 is 2.45 bits per heavy atom. The van der Waals surface area contributed by atoms with Crippen molar-refractivity contribution < 1.29 is 14.2 Å². The molecule has 0 saturated carbocycles. The minimum Gasteiger partial charge on any atom is -0.496 e. The zero-order chi connectivity index (χ0) is 14.8. The molecule has 0 atom stereocenters. The molecule has 1 aromatic rings. The van der Waals surface area contributed by atoms with Crippen molar-refractivity contribution in [2.24, 2.45) is 0 Å². The van der Waals surface area contributed by atoms with E-state index < -0.39 is 0 Å². The van der Waals surface area contributed by atoms with Gasteiger partial charge in [0.05, 0.1) is 13.7 Å². The summed E-state index contributed by atoms with van der Waals surface area (Å²) in [5.41, 5.74) is 7.63. The summed E-state index contributed by atoms with van der Waals surface area (Å²) in [6.45, 7) is 4.14. The van der Waals surface area contributed by atoms with Gasteiger partial charge in [-0.25, -0.2) is 0 Å². The molecule has 0 spiro atoms. The second kappa shape index (κ2) is 9.58. The summed E-state index contributed by atoms with van der Waals surface area (Å²) in [6.07, 6.45) is 0.998. The van der Waals surface area contributed by atoms with Gasteiger partial charge in [-0.3, -0.25) is 4.90 Å². The second-order valence-corrected chi connectivity index (χ2v) is 4.69. The smallest absolute Gasteiger partial charge is 0.125 e. The molecule has 20 heavy (non-hydrogen) atoms. The molecule has 0 aromatic heterocycles. The number of hydrogen-bond acceptors (Lipinski definition) is 5. The van der Waals surface area contributed by atoms with Crippen molar-refractivity contribution in [3.05, 3.63) is 23.8 Å². The van der Waals surface area contributed by atoms with Crippen molar-refractivity contribution in [2.45, 2.75) is 13.0 Å². The maximum atomic E-state index is 5.78. The fourth-order valence-corrected chi connectivity index (χ4v) is 2.06. The van der Waals surface area contributed by atoms with E-state index in [1.54, 1.807) is 21.3 Å². The van der Waals surface area contributed by atoms with E-state index in [9.17, 15) is 0 Å². The fourth-order valence-electron chi connectivity index (χ4n) is 2.06. The van der Waals surface area contributed by atoms with E-state index in [1.807, 2.05) is 18.2 Å². The molecule has 0 saturated heterocycles. The highest BCUT2D eigenvalue weighted by Crippen LogP contribution is 2.23. The Bertz CT molecular complexity index is 385. The largest absolute Gasteiger partial charge is 0.496 e. The molecule has 0 aliphatic rings. The van der Waals surface area contributed by atoms with E-state index in [0.717, 1.165) is 44.0 Å². The molecule has 1 rings (SSSR count). The van der Waals surface area contributed by atoms with E-state index in [-0.39, 0.29) is 0 Å². The minimum atomic E-state index is 0.713. The first kappa shape index (κ1) is 16.8. The fraction of sp³-hybridized carbons (Fsp3) is 0.600. The Labute approximate surface area is 121 Å². The van der Waals surface area contributed by atoms with Crippen molar-refractivity contribution in [1.29, 1.82) is 0 Å². The molecule has 5 heteroatoms. The summed E-state index contributed by atoms with van der Waals surface area (Å²) in [6, 6.07) is 5.78. The monoisotopic (exact) mass is 282 g/mol. The van der Waals surface area contributed by atoms with Gasteiger partial charge in [-0.05, 0) is 12.5 Å². The van der Waals surface area contributed by atoms with Gasteiger partial charge in [-0.15, -0.1) is 0 Å². The zero-order valence-electron chi connectivity index (χ0n) is 12.7. The molecule has 0 heterocycles. The lowest BCUT2D eigenvalue weighted by Gasteiger charge is -2.23. The maximum absolute atomic E-state index is 5.78. The van der Waals surface area contributed by atoms with Gasteiger partial charge in [0.2, 0.25) is 0 Å². The van der Waals surface area contributed by atoms with Crippen LogP contribution >= 0.6 is 0 Å². The van der Waals surface area contributed by atoms with Crippen LogP contribution in [0.5, 0.6) is 5.75 Å². The summed E-state index contributed by atoms with van der Waals surface area (Å²) >= 11 is 0. The van der Waals surface area contributed by atoms with E-state index in [4.69, 9.17) is 19.9 Å². The van der Waals surface area contributed by atoms with Crippen LogP contribution in [0.3, 0.4) is 0 Å². The third kappa shape index (κ3) is 5.77. The van der Waals surface area contributed by atoms with E-state index in [2.05, 4.69) is 4.90 Å². The number of ether oxygens (including phenoxy) is 3. The van der Waals surface area contributed by atoms with Gasteiger partial charge in [-0.1, -0.05) is 6.07 Å². The first-order chi connectivity index (χ1) is 9.71. The first-order valence-corrected chi connectivity index (χ1v) is 6.84. The highest BCUT2D eigenvalue weighted by Gasteiger charge is 2.10. The lowest BCUT2D eigenvalue weighted by molar-refractivity contribution is 0.128. The Hall–Kier alpha value is -1.30. The number of anilines is 1. The normalized spacial score (nSPS) is 11.0. The molecule has 0 radical (unpaired) electrons. The number of benzene rings is 1. The van der Waals surface area contributed by atoms with Gasteiger partial charge in [0.25, 0.3) is 0 Å². The molecule has 5 nitrogen and oxygen atoms in total. The summed E-state index contributed by atoms with van der Waals surface area (Å²) in [5.74, 6) is 0.833. The average Bonchev–Trinajstić information content (AvgIpc) is 2.46. The second-order valence-electron chi connectivity index (χ2n) is 4.69. The lowest BCUT2D eigenvalue weighted by Crippen LogP contribution is -2.29. The highest BCUT2D eigenvalue weighted by molar-refractivity contribution is 5.48. The van der Waals surface area contributed by atoms with Crippen molar-refractivity contribution >= 4 is 5.69 Å². The van der Waals surface area contributed by atoms with Crippen LogP contribution in [0, 0.1) is 0 Å². The third-order valence-corrected chi connectivity index (χ3v) is 3.14. The molecule has 0 aliphatic carbocycles. The van der Waals surface area contributed by atoms with E-state index in [1.165, 1.54) is 0 Å². The molecule has 1 aromatic carbocycles. The van der Waals surface area contributed by atoms with Crippen LogP contribution in [0.2, 0.25) is 0 Å². The number of nitrogen functional groups attached to an aromatic ring is 1. The Morgan fingerprint density at radius 1 is 1.05 bits per heavy atom. The van der Waals surface area contributed by atoms with Gasteiger partial charge in [0.15, 0.2) is 0 Å². The molecule has 0 bridgehead atoms. The Balaban J connectivity index is 2.66. The number of methoxy groups -OCH3 is 3. The molecular weight excluding hydrogens is 256 g/mol. The van der Waals surface area contributed by atoms with Crippen LogP contribution < -0.4 is 10.5 Å². The Kier molecular flexibility index (Phi) is 8.02. The third-order valence-electron chi connectivity index (χ3n) is 3.14. The number of hydrogen-bond donors (Lipinski definition) is 1. The molecule has 0 amide bonds. The zero-order valence-corrected chi connectivity index (χ0v) is 12.7. The lowest BCUT2D eigenvalue weighted by atomic mass is 10.1. The van der Waals surface area contributed by atoms with Crippen LogP contribution in [-0.4, -0.2) is 52.5 Å². The predicted octanol–water partition coefficient (Wildman–Crippen LogP) is 1.76. The van der Waals surface area contributed by atoms with E-state index in [0.29, 0.717) is 12.3 Å². The average molecular weight is 282 g/mol. The molecule has 0 fully saturated rings.